The predicted octanol–water partition coefficient (Wildman–Crippen LogP) is 5.93. The van der Waals surface area contributed by atoms with Crippen LogP contribution in [0.5, 0.6) is 0 Å². The summed E-state index contributed by atoms with van der Waals surface area (Å²) in [5.41, 5.74) is 5.11. The molecule has 4 aromatic carbocycles. The molecule has 0 radical (unpaired) electrons. The van der Waals surface area contributed by atoms with Crippen LogP contribution >= 0.6 is 0 Å². The highest BCUT2D eigenvalue weighted by atomic mass is 16.5. The number of aryl methyl sites for hydroxylation is 1. The van der Waals surface area contributed by atoms with Crippen molar-refractivity contribution in [2.75, 3.05) is 19.7 Å². The van der Waals surface area contributed by atoms with Crippen molar-refractivity contribution in [3.63, 3.8) is 0 Å². The van der Waals surface area contributed by atoms with E-state index in [0.717, 1.165) is 33.4 Å². The molecular weight excluding hydrogens is 524 g/mol. The van der Waals surface area contributed by atoms with E-state index in [1.807, 2.05) is 117 Å². The molecule has 5 rings (SSSR count). The van der Waals surface area contributed by atoms with Gasteiger partial charge in [0.25, 0.3) is 5.91 Å². The van der Waals surface area contributed by atoms with E-state index in [2.05, 4.69) is 10.6 Å². The number of hydrogen-bond acceptors (Lipinski definition) is 4. The molecule has 4 aromatic rings. The number of carbonyl (C=O) groups is 3. The van der Waals surface area contributed by atoms with Gasteiger partial charge >= 0.3 is 5.97 Å². The number of carbonyl (C=O) groups excluding carboxylic acids is 3. The maximum atomic E-state index is 13.5. The fourth-order valence-corrected chi connectivity index (χ4v) is 5.97. The molecule has 42 heavy (non-hydrogen) atoms. The summed E-state index contributed by atoms with van der Waals surface area (Å²) >= 11 is 0. The third-order valence-corrected chi connectivity index (χ3v) is 8.06. The van der Waals surface area contributed by atoms with Gasteiger partial charge in [-0.3, -0.25) is 14.4 Å². The van der Waals surface area contributed by atoms with Crippen molar-refractivity contribution in [2.45, 2.75) is 38.0 Å². The molecule has 2 amide bonds. The lowest BCUT2D eigenvalue weighted by atomic mass is 9.63. The molecule has 0 heterocycles. The fourth-order valence-electron chi connectivity index (χ4n) is 5.97. The first-order valence-corrected chi connectivity index (χ1v) is 14.5. The number of fused-ring (bicyclic) bond motifs is 1. The summed E-state index contributed by atoms with van der Waals surface area (Å²) in [6.07, 6.45) is 0.949. The Hall–Kier alpha value is -4.71. The zero-order chi connectivity index (χ0) is 29.5. The fraction of sp³-hybridized carbons (Fsp3) is 0.250. The molecule has 6 heteroatoms. The Morgan fingerprint density at radius 2 is 1.48 bits per heavy atom. The van der Waals surface area contributed by atoms with Crippen LogP contribution in [0.1, 0.15) is 58.3 Å². The van der Waals surface area contributed by atoms with Gasteiger partial charge in [0.15, 0.2) is 0 Å². The second-order valence-electron chi connectivity index (χ2n) is 10.6. The van der Waals surface area contributed by atoms with Crippen LogP contribution in [0.2, 0.25) is 0 Å². The van der Waals surface area contributed by atoms with Gasteiger partial charge in [0, 0.05) is 18.7 Å². The third kappa shape index (κ3) is 5.70. The Kier molecular flexibility index (Phi) is 8.82. The third-order valence-electron chi connectivity index (χ3n) is 8.06. The molecule has 214 valence electrons. The Balaban J connectivity index is 1.27. The van der Waals surface area contributed by atoms with E-state index < -0.39 is 11.3 Å². The molecule has 2 atom stereocenters. The van der Waals surface area contributed by atoms with Crippen LogP contribution < -0.4 is 10.6 Å². The quantitative estimate of drug-likeness (QED) is 0.196. The first kappa shape index (κ1) is 28.8. The van der Waals surface area contributed by atoms with Gasteiger partial charge in [0.2, 0.25) is 5.91 Å². The lowest BCUT2D eigenvalue weighted by Gasteiger charge is -2.40. The largest absolute Gasteiger partial charge is 0.465 e. The first-order valence-electron chi connectivity index (χ1n) is 14.5. The van der Waals surface area contributed by atoms with Crippen molar-refractivity contribution in [1.29, 1.82) is 0 Å². The number of hydrogen-bond donors (Lipinski definition) is 2. The maximum absolute atomic E-state index is 13.5. The molecule has 0 spiro atoms. The number of amides is 2. The zero-order valence-corrected chi connectivity index (χ0v) is 24.1. The van der Waals surface area contributed by atoms with Gasteiger partial charge in [0.05, 0.1) is 12.5 Å². The van der Waals surface area contributed by atoms with Crippen molar-refractivity contribution in [3.05, 3.63) is 131 Å². The molecule has 1 aliphatic rings. The van der Waals surface area contributed by atoms with E-state index in [1.54, 1.807) is 0 Å². The summed E-state index contributed by atoms with van der Waals surface area (Å²) in [6.45, 7) is 4.69. The summed E-state index contributed by atoms with van der Waals surface area (Å²) in [5.74, 6) is -1.02. The average molecular weight is 561 g/mol. The molecule has 0 saturated heterocycles. The van der Waals surface area contributed by atoms with Crippen molar-refractivity contribution < 1.29 is 19.1 Å². The van der Waals surface area contributed by atoms with Crippen LogP contribution in [0, 0.1) is 6.92 Å². The molecule has 0 bridgehead atoms. The maximum Gasteiger partial charge on any atom is 0.321 e. The van der Waals surface area contributed by atoms with Gasteiger partial charge in [-0.25, -0.2) is 0 Å². The SMILES string of the molecule is CCOC(=O)[C@]1(c2ccccc2)CC[C@@H](C(=O)NCCNC(=O)c2ccccc2-c2ccc(C)cc2)c2ccccc21. The lowest BCUT2D eigenvalue weighted by molar-refractivity contribution is -0.149. The minimum Gasteiger partial charge on any atom is -0.465 e. The Morgan fingerprint density at radius 3 is 2.24 bits per heavy atom. The molecule has 0 saturated carbocycles. The predicted molar refractivity (Wildman–Crippen MR) is 164 cm³/mol. The van der Waals surface area contributed by atoms with Crippen LogP contribution in [0.3, 0.4) is 0 Å². The van der Waals surface area contributed by atoms with E-state index >= 15 is 0 Å². The average Bonchev–Trinajstić information content (AvgIpc) is 3.03. The number of esters is 1. The van der Waals surface area contributed by atoms with Crippen molar-refractivity contribution in [2.24, 2.45) is 0 Å². The van der Waals surface area contributed by atoms with Crippen molar-refractivity contribution >= 4 is 17.8 Å². The van der Waals surface area contributed by atoms with Crippen LogP contribution in [0.15, 0.2) is 103 Å². The highest BCUT2D eigenvalue weighted by molar-refractivity contribution is 6.01. The summed E-state index contributed by atoms with van der Waals surface area (Å²) < 4.78 is 5.59. The molecule has 0 aromatic heterocycles. The molecule has 1 aliphatic carbocycles. The second kappa shape index (κ2) is 12.9. The summed E-state index contributed by atoms with van der Waals surface area (Å²) in [6, 6.07) is 32.9. The number of nitrogens with one attached hydrogen (secondary N) is 2. The number of ether oxygens (including phenoxy) is 1. The number of rotatable bonds is 9. The van der Waals surface area contributed by atoms with Gasteiger partial charge in [-0.05, 0) is 60.6 Å². The summed E-state index contributed by atoms with van der Waals surface area (Å²) in [7, 11) is 0. The first-order chi connectivity index (χ1) is 20.5. The minimum absolute atomic E-state index is 0.123. The molecule has 0 aliphatic heterocycles. The van der Waals surface area contributed by atoms with E-state index in [-0.39, 0.29) is 37.5 Å². The molecule has 6 nitrogen and oxygen atoms in total. The topological polar surface area (TPSA) is 84.5 Å². The van der Waals surface area contributed by atoms with Crippen LogP contribution in [-0.4, -0.2) is 37.5 Å². The van der Waals surface area contributed by atoms with Crippen LogP contribution in [0.25, 0.3) is 11.1 Å². The van der Waals surface area contributed by atoms with Gasteiger partial charge in [-0.2, -0.15) is 0 Å². The molecule has 2 N–H and O–H groups in total. The Bertz CT molecular complexity index is 1570. The van der Waals surface area contributed by atoms with Crippen LogP contribution in [-0.2, 0) is 19.7 Å². The van der Waals surface area contributed by atoms with E-state index in [0.29, 0.717) is 18.4 Å². The molecule has 0 unspecified atom stereocenters. The highest BCUT2D eigenvalue weighted by Gasteiger charge is 2.49. The molecule has 0 fully saturated rings. The minimum atomic E-state index is -0.969. The smallest absolute Gasteiger partial charge is 0.321 e. The van der Waals surface area contributed by atoms with Gasteiger partial charge in [0.1, 0.15) is 5.41 Å². The van der Waals surface area contributed by atoms with E-state index in [9.17, 15) is 14.4 Å². The van der Waals surface area contributed by atoms with Gasteiger partial charge < -0.3 is 15.4 Å². The second-order valence-corrected chi connectivity index (χ2v) is 10.6. The van der Waals surface area contributed by atoms with Gasteiger partial charge in [-0.1, -0.05) is 103 Å². The van der Waals surface area contributed by atoms with Gasteiger partial charge in [-0.15, -0.1) is 0 Å². The van der Waals surface area contributed by atoms with Crippen molar-refractivity contribution in [3.8, 4) is 11.1 Å². The zero-order valence-electron chi connectivity index (χ0n) is 24.1. The Labute approximate surface area is 247 Å². The number of benzene rings is 4. The molecular formula is C36H36N2O4. The standard InChI is InChI=1S/C36H36N2O4/c1-3-42-35(41)36(27-11-5-4-6-12-27)22-21-31(29-14-9-10-16-32(29)36)34(40)38-24-23-37-33(39)30-15-8-7-13-28(30)26-19-17-25(2)18-20-26/h4-20,31H,3,21-24H2,1-2H3,(H,37,39)(H,38,40)/t31-,36+/m1/s1. The highest BCUT2D eigenvalue weighted by Crippen LogP contribution is 2.47. The van der Waals surface area contributed by atoms with Crippen molar-refractivity contribution in [1.82, 2.24) is 10.6 Å². The lowest BCUT2D eigenvalue weighted by Crippen LogP contribution is -2.45. The van der Waals surface area contributed by atoms with Crippen LogP contribution in [0.4, 0.5) is 0 Å². The van der Waals surface area contributed by atoms with E-state index in [1.165, 1.54) is 0 Å². The van der Waals surface area contributed by atoms with E-state index in [4.69, 9.17) is 4.74 Å². The summed E-state index contributed by atoms with van der Waals surface area (Å²) in [4.78, 5) is 40.0. The monoisotopic (exact) mass is 560 g/mol. The normalized spacial score (nSPS) is 17.5. The Morgan fingerprint density at radius 1 is 0.810 bits per heavy atom. The summed E-state index contributed by atoms with van der Waals surface area (Å²) in [5, 5.41) is 5.95.